The van der Waals surface area contributed by atoms with E-state index in [0.717, 1.165) is 31.0 Å². The van der Waals surface area contributed by atoms with Crippen LogP contribution >= 0.6 is 0 Å². The van der Waals surface area contributed by atoms with Crippen molar-refractivity contribution in [2.45, 2.75) is 31.4 Å². The second-order valence-corrected chi connectivity index (χ2v) is 8.05. The maximum absolute atomic E-state index is 12.8. The Morgan fingerprint density at radius 1 is 1.19 bits per heavy atom. The van der Waals surface area contributed by atoms with Gasteiger partial charge in [-0.05, 0) is 36.6 Å². The zero-order chi connectivity index (χ0) is 21.7. The molecule has 0 aliphatic carbocycles. The molecule has 7 nitrogen and oxygen atoms in total. The number of nitrogens with zero attached hydrogens (tertiary/aromatic N) is 2. The van der Waals surface area contributed by atoms with Crippen LogP contribution in [0.2, 0.25) is 0 Å². The Balaban J connectivity index is 1.45. The van der Waals surface area contributed by atoms with Crippen molar-refractivity contribution in [2.75, 3.05) is 26.7 Å². The van der Waals surface area contributed by atoms with Crippen LogP contribution in [-0.4, -0.2) is 54.1 Å². The molecule has 0 saturated carbocycles. The van der Waals surface area contributed by atoms with Crippen molar-refractivity contribution in [2.24, 2.45) is 5.92 Å². The highest BCUT2D eigenvalue weighted by molar-refractivity contribution is 5.88. The number of hydrogen-bond donors (Lipinski definition) is 0. The minimum atomic E-state index is -0.666. The number of carbonyl (C=O) groups is 2. The first-order chi connectivity index (χ1) is 15.1. The van der Waals surface area contributed by atoms with E-state index in [1.807, 2.05) is 48.5 Å². The molecule has 1 amide bonds. The van der Waals surface area contributed by atoms with Gasteiger partial charge in [0, 0.05) is 26.1 Å². The van der Waals surface area contributed by atoms with Crippen LogP contribution in [0.15, 0.2) is 59.2 Å². The number of hydrogen-bond acceptors (Lipinski definition) is 6. The van der Waals surface area contributed by atoms with Crippen LogP contribution in [0.1, 0.15) is 30.6 Å². The molecule has 1 spiro atoms. The van der Waals surface area contributed by atoms with Gasteiger partial charge in [0.05, 0.1) is 24.8 Å². The van der Waals surface area contributed by atoms with E-state index in [-0.39, 0.29) is 24.9 Å². The number of furan rings is 1. The monoisotopic (exact) mass is 424 g/mol. The van der Waals surface area contributed by atoms with Crippen molar-refractivity contribution < 1.29 is 23.6 Å². The average Bonchev–Trinajstić information content (AvgIpc) is 3.41. The lowest BCUT2D eigenvalue weighted by Crippen LogP contribution is -2.57. The van der Waals surface area contributed by atoms with Crippen molar-refractivity contribution in [3.05, 3.63) is 66.1 Å². The lowest BCUT2D eigenvalue weighted by Gasteiger charge is -2.45. The minimum absolute atomic E-state index is 0.125. The fourth-order valence-corrected chi connectivity index (χ4v) is 4.57. The van der Waals surface area contributed by atoms with Crippen LogP contribution in [0.4, 0.5) is 0 Å². The van der Waals surface area contributed by atoms with Gasteiger partial charge in [0.2, 0.25) is 5.91 Å². The van der Waals surface area contributed by atoms with E-state index in [1.54, 1.807) is 6.26 Å². The summed E-state index contributed by atoms with van der Waals surface area (Å²) in [6.45, 7) is 2.58. The van der Waals surface area contributed by atoms with Gasteiger partial charge in [0.15, 0.2) is 0 Å². The molecule has 4 rings (SSSR count). The number of carbonyl (C=O) groups excluding carboxylic acids is 2. The summed E-state index contributed by atoms with van der Waals surface area (Å²) in [6.07, 6.45) is 7.11. The van der Waals surface area contributed by atoms with E-state index >= 15 is 0 Å². The third kappa shape index (κ3) is 4.57. The fraction of sp³-hybridized carbons (Fsp3) is 0.417. The summed E-state index contributed by atoms with van der Waals surface area (Å²) in [7, 11) is 1.38. The van der Waals surface area contributed by atoms with Gasteiger partial charge in [-0.1, -0.05) is 36.4 Å². The maximum atomic E-state index is 12.8. The standard InChI is InChI=1S/C24H28N2O5/c1-29-23(28)21-17-22(27)26(31-18-19-7-3-2-4-8-19)24(21)11-14-25(15-12-24)13-5-9-20-10-6-16-30-20/h2-10,16,21H,11-15,17-18H2,1H3/b9-5+. The SMILES string of the molecule is COC(=O)C1CC(=O)N(OCc2ccccc2)C12CCN(C/C=C/c1ccco1)CC2. The molecule has 1 unspecified atom stereocenters. The first-order valence-electron chi connectivity index (χ1n) is 10.6. The summed E-state index contributed by atoms with van der Waals surface area (Å²) in [6, 6.07) is 13.5. The molecule has 7 heteroatoms. The number of benzene rings is 1. The van der Waals surface area contributed by atoms with Crippen LogP contribution < -0.4 is 0 Å². The van der Waals surface area contributed by atoms with Crippen molar-refractivity contribution in [3.63, 3.8) is 0 Å². The lowest BCUT2D eigenvalue weighted by molar-refractivity contribution is -0.229. The number of hydroxylamine groups is 2. The Morgan fingerprint density at radius 2 is 1.97 bits per heavy atom. The number of ether oxygens (including phenoxy) is 1. The molecular weight excluding hydrogens is 396 g/mol. The fourth-order valence-electron chi connectivity index (χ4n) is 4.57. The molecule has 0 bridgehead atoms. The highest BCUT2D eigenvalue weighted by Crippen LogP contribution is 2.44. The lowest BCUT2D eigenvalue weighted by atomic mass is 9.77. The Morgan fingerprint density at radius 3 is 2.65 bits per heavy atom. The molecule has 0 N–H and O–H groups in total. The van der Waals surface area contributed by atoms with Gasteiger partial charge in [-0.15, -0.1) is 0 Å². The quantitative estimate of drug-likeness (QED) is 0.635. The summed E-state index contributed by atoms with van der Waals surface area (Å²) in [5.74, 6) is -0.189. The second-order valence-electron chi connectivity index (χ2n) is 8.05. The van der Waals surface area contributed by atoms with E-state index in [9.17, 15) is 9.59 Å². The summed E-state index contributed by atoms with van der Waals surface area (Å²) in [4.78, 5) is 33.7. The smallest absolute Gasteiger partial charge is 0.311 e. The van der Waals surface area contributed by atoms with Gasteiger partial charge in [-0.3, -0.25) is 19.3 Å². The number of esters is 1. The van der Waals surface area contributed by atoms with Crippen LogP contribution in [0.5, 0.6) is 0 Å². The molecule has 1 aromatic heterocycles. The van der Waals surface area contributed by atoms with Crippen LogP contribution in [0, 0.1) is 5.92 Å². The molecule has 0 radical (unpaired) electrons. The molecule has 1 aromatic carbocycles. The largest absolute Gasteiger partial charge is 0.469 e. The van der Waals surface area contributed by atoms with Gasteiger partial charge in [0.1, 0.15) is 12.4 Å². The zero-order valence-electron chi connectivity index (χ0n) is 17.7. The second kappa shape index (κ2) is 9.49. The van der Waals surface area contributed by atoms with E-state index in [2.05, 4.69) is 11.0 Å². The van der Waals surface area contributed by atoms with Crippen LogP contribution in [0.25, 0.3) is 6.08 Å². The number of likely N-dealkylation sites (tertiary alicyclic amines) is 1. The molecule has 1 atom stereocenters. The molecule has 3 heterocycles. The van der Waals surface area contributed by atoms with E-state index in [0.29, 0.717) is 12.8 Å². The predicted octanol–water partition coefficient (Wildman–Crippen LogP) is 3.28. The van der Waals surface area contributed by atoms with Gasteiger partial charge in [-0.25, -0.2) is 5.06 Å². The molecule has 2 aromatic rings. The third-order valence-corrected chi connectivity index (χ3v) is 6.26. The van der Waals surface area contributed by atoms with E-state index in [1.165, 1.54) is 12.2 Å². The first kappa shape index (κ1) is 21.3. The number of amides is 1. The first-order valence-corrected chi connectivity index (χ1v) is 10.6. The highest BCUT2D eigenvalue weighted by Gasteiger charge is 2.58. The highest BCUT2D eigenvalue weighted by atomic mass is 16.7. The number of methoxy groups -OCH3 is 1. The Labute approximate surface area is 182 Å². The van der Waals surface area contributed by atoms with Gasteiger partial charge >= 0.3 is 5.97 Å². The number of rotatable bonds is 7. The van der Waals surface area contributed by atoms with Crippen molar-refractivity contribution >= 4 is 18.0 Å². The van der Waals surface area contributed by atoms with Crippen molar-refractivity contribution in [1.29, 1.82) is 0 Å². The topological polar surface area (TPSA) is 72.2 Å². The normalized spacial score (nSPS) is 21.3. The Bertz CT molecular complexity index is 901. The third-order valence-electron chi connectivity index (χ3n) is 6.26. The van der Waals surface area contributed by atoms with Crippen molar-refractivity contribution in [3.8, 4) is 0 Å². The Kier molecular flexibility index (Phi) is 6.53. The summed E-state index contributed by atoms with van der Waals surface area (Å²) in [5.41, 5.74) is 0.313. The van der Waals surface area contributed by atoms with Gasteiger partial charge < -0.3 is 9.15 Å². The zero-order valence-corrected chi connectivity index (χ0v) is 17.7. The summed E-state index contributed by atoms with van der Waals surface area (Å²) >= 11 is 0. The summed E-state index contributed by atoms with van der Waals surface area (Å²) in [5, 5.41) is 1.48. The molecular formula is C24H28N2O5. The van der Waals surface area contributed by atoms with E-state index in [4.69, 9.17) is 14.0 Å². The molecule has 2 aliphatic rings. The van der Waals surface area contributed by atoms with Gasteiger partial charge in [-0.2, -0.15) is 0 Å². The van der Waals surface area contributed by atoms with E-state index < -0.39 is 11.5 Å². The number of piperidine rings is 1. The molecule has 2 saturated heterocycles. The minimum Gasteiger partial charge on any atom is -0.469 e. The van der Waals surface area contributed by atoms with Gasteiger partial charge in [0.25, 0.3) is 0 Å². The Hall–Kier alpha value is -2.90. The van der Waals surface area contributed by atoms with Crippen LogP contribution in [-0.2, 0) is 25.8 Å². The summed E-state index contributed by atoms with van der Waals surface area (Å²) < 4.78 is 10.4. The molecule has 2 aliphatic heterocycles. The predicted molar refractivity (Wildman–Crippen MR) is 114 cm³/mol. The average molecular weight is 424 g/mol. The molecule has 2 fully saturated rings. The van der Waals surface area contributed by atoms with Crippen molar-refractivity contribution in [1.82, 2.24) is 9.96 Å². The van der Waals surface area contributed by atoms with Crippen LogP contribution in [0.3, 0.4) is 0 Å². The maximum Gasteiger partial charge on any atom is 0.311 e. The molecule has 31 heavy (non-hydrogen) atoms. The molecule has 164 valence electrons.